The standard InChI is InChI=1S/C15H19ClN4O2/c16-14-9-13(22-19-14)3-4-15(21)20-7-1-2-11(10-20)8-12-5-6-17-18-12/h5-6,9,11H,1-4,7-8,10H2,(H,17,18)/t11-/m0/s1. The molecule has 1 aliphatic rings. The Morgan fingerprint density at radius 3 is 3.18 bits per heavy atom. The second-order valence-corrected chi connectivity index (χ2v) is 6.14. The lowest BCUT2D eigenvalue weighted by Crippen LogP contribution is -2.40. The van der Waals surface area contributed by atoms with Gasteiger partial charge in [0.15, 0.2) is 5.15 Å². The van der Waals surface area contributed by atoms with Gasteiger partial charge in [-0.2, -0.15) is 5.10 Å². The Kier molecular flexibility index (Phi) is 4.77. The highest BCUT2D eigenvalue weighted by molar-refractivity contribution is 6.29. The number of halogens is 1. The number of nitrogens with zero attached hydrogens (tertiary/aromatic N) is 3. The maximum absolute atomic E-state index is 12.3. The van der Waals surface area contributed by atoms with Crippen molar-refractivity contribution in [2.24, 2.45) is 5.92 Å². The summed E-state index contributed by atoms with van der Waals surface area (Å²) in [6.07, 6.45) is 5.90. The Morgan fingerprint density at radius 2 is 2.45 bits per heavy atom. The van der Waals surface area contributed by atoms with Crippen LogP contribution in [-0.2, 0) is 17.6 Å². The summed E-state index contributed by atoms with van der Waals surface area (Å²) in [5.41, 5.74) is 1.13. The van der Waals surface area contributed by atoms with Crippen molar-refractivity contribution in [3.8, 4) is 0 Å². The van der Waals surface area contributed by atoms with Crippen molar-refractivity contribution in [3.05, 3.63) is 34.9 Å². The summed E-state index contributed by atoms with van der Waals surface area (Å²) in [5.74, 6) is 1.32. The third-order valence-electron chi connectivity index (χ3n) is 4.05. The number of likely N-dealkylation sites (tertiary alicyclic amines) is 1. The number of carbonyl (C=O) groups excluding carboxylic acids is 1. The Balaban J connectivity index is 1.49. The van der Waals surface area contributed by atoms with Gasteiger partial charge in [-0.25, -0.2) is 0 Å². The zero-order valence-electron chi connectivity index (χ0n) is 12.3. The van der Waals surface area contributed by atoms with Crippen LogP contribution in [-0.4, -0.2) is 39.3 Å². The Labute approximate surface area is 133 Å². The predicted molar refractivity (Wildman–Crippen MR) is 81.4 cm³/mol. The third kappa shape index (κ3) is 3.88. The van der Waals surface area contributed by atoms with Crippen LogP contribution in [0.25, 0.3) is 0 Å². The molecule has 0 radical (unpaired) electrons. The lowest BCUT2D eigenvalue weighted by Gasteiger charge is -2.32. The van der Waals surface area contributed by atoms with Crippen LogP contribution in [0.2, 0.25) is 5.15 Å². The maximum Gasteiger partial charge on any atom is 0.223 e. The zero-order valence-corrected chi connectivity index (χ0v) is 13.1. The van der Waals surface area contributed by atoms with Gasteiger partial charge in [0.05, 0.1) is 0 Å². The van der Waals surface area contributed by atoms with E-state index in [0.29, 0.717) is 29.7 Å². The van der Waals surface area contributed by atoms with Crippen molar-refractivity contribution >= 4 is 17.5 Å². The Morgan fingerprint density at radius 1 is 1.55 bits per heavy atom. The van der Waals surface area contributed by atoms with Gasteiger partial charge in [0.2, 0.25) is 5.91 Å². The van der Waals surface area contributed by atoms with Gasteiger partial charge in [0.1, 0.15) is 5.76 Å². The van der Waals surface area contributed by atoms with E-state index in [-0.39, 0.29) is 5.91 Å². The molecule has 1 atom stereocenters. The van der Waals surface area contributed by atoms with E-state index in [1.54, 1.807) is 12.3 Å². The molecule has 1 amide bonds. The highest BCUT2D eigenvalue weighted by Gasteiger charge is 2.24. The van der Waals surface area contributed by atoms with Gasteiger partial charge in [-0.1, -0.05) is 16.8 Å². The molecule has 2 aromatic heterocycles. The summed E-state index contributed by atoms with van der Waals surface area (Å²) >= 11 is 5.70. The van der Waals surface area contributed by atoms with Gasteiger partial charge < -0.3 is 9.42 Å². The van der Waals surface area contributed by atoms with E-state index in [2.05, 4.69) is 15.4 Å². The van der Waals surface area contributed by atoms with E-state index in [4.69, 9.17) is 16.1 Å². The van der Waals surface area contributed by atoms with Crippen LogP contribution in [0.4, 0.5) is 0 Å². The van der Waals surface area contributed by atoms with Gasteiger partial charge in [0, 0.05) is 43.9 Å². The van der Waals surface area contributed by atoms with Crippen molar-refractivity contribution in [3.63, 3.8) is 0 Å². The summed E-state index contributed by atoms with van der Waals surface area (Å²) in [7, 11) is 0. The molecule has 3 heterocycles. The van der Waals surface area contributed by atoms with Gasteiger partial charge in [-0.05, 0) is 31.2 Å². The fourth-order valence-electron chi connectivity index (χ4n) is 2.96. The number of H-pyrrole nitrogens is 1. The molecule has 118 valence electrons. The molecule has 0 unspecified atom stereocenters. The van der Waals surface area contributed by atoms with Gasteiger partial charge in [0.25, 0.3) is 0 Å². The topological polar surface area (TPSA) is 75.0 Å². The zero-order chi connectivity index (χ0) is 15.4. The monoisotopic (exact) mass is 322 g/mol. The largest absolute Gasteiger partial charge is 0.360 e. The molecule has 7 heteroatoms. The minimum Gasteiger partial charge on any atom is -0.360 e. The van der Waals surface area contributed by atoms with E-state index in [1.165, 1.54) is 0 Å². The number of nitrogens with one attached hydrogen (secondary N) is 1. The van der Waals surface area contributed by atoms with E-state index < -0.39 is 0 Å². The van der Waals surface area contributed by atoms with Crippen molar-refractivity contribution < 1.29 is 9.32 Å². The van der Waals surface area contributed by atoms with E-state index >= 15 is 0 Å². The molecular weight excluding hydrogens is 304 g/mol. The first kappa shape index (κ1) is 15.1. The first-order valence-electron chi connectivity index (χ1n) is 7.58. The predicted octanol–water partition coefficient (Wildman–Crippen LogP) is 2.46. The van der Waals surface area contributed by atoms with E-state index in [1.807, 2.05) is 11.0 Å². The fraction of sp³-hybridized carbons (Fsp3) is 0.533. The summed E-state index contributed by atoms with van der Waals surface area (Å²) in [5, 5.41) is 10.9. The van der Waals surface area contributed by atoms with Crippen LogP contribution < -0.4 is 0 Å². The summed E-state index contributed by atoms with van der Waals surface area (Å²) < 4.78 is 5.03. The fourth-order valence-corrected chi connectivity index (χ4v) is 3.12. The average Bonchev–Trinajstić information content (AvgIpc) is 3.17. The number of amides is 1. The molecule has 1 aliphatic heterocycles. The molecule has 0 bridgehead atoms. The van der Waals surface area contributed by atoms with Crippen molar-refractivity contribution in [1.82, 2.24) is 20.3 Å². The van der Waals surface area contributed by atoms with Gasteiger partial charge >= 0.3 is 0 Å². The molecule has 1 saturated heterocycles. The number of aromatic nitrogens is 3. The average molecular weight is 323 g/mol. The number of rotatable bonds is 5. The number of aryl methyl sites for hydroxylation is 1. The summed E-state index contributed by atoms with van der Waals surface area (Å²) in [4.78, 5) is 14.3. The lowest BCUT2D eigenvalue weighted by molar-refractivity contribution is -0.133. The SMILES string of the molecule is O=C(CCc1cc(Cl)no1)N1CCC[C@@H](Cc2ccn[nH]2)C1. The molecule has 2 aromatic rings. The normalized spacial score (nSPS) is 18.6. The molecule has 6 nitrogen and oxygen atoms in total. The third-order valence-corrected chi connectivity index (χ3v) is 4.23. The minimum absolute atomic E-state index is 0.168. The maximum atomic E-state index is 12.3. The first-order chi connectivity index (χ1) is 10.7. The number of hydrogen-bond donors (Lipinski definition) is 1. The number of hydrogen-bond acceptors (Lipinski definition) is 4. The van der Waals surface area contributed by atoms with Gasteiger partial charge in [-0.15, -0.1) is 0 Å². The second-order valence-electron chi connectivity index (χ2n) is 5.75. The van der Waals surface area contributed by atoms with E-state index in [0.717, 1.165) is 38.0 Å². The highest BCUT2D eigenvalue weighted by Crippen LogP contribution is 2.21. The molecule has 1 fully saturated rings. The molecular formula is C15H19ClN4O2. The van der Waals surface area contributed by atoms with Crippen LogP contribution >= 0.6 is 11.6 Å². The molecule has 0 aromatic carbocycles. The lowest BCUT2D eigenvalue weighted by atomic mass is 9.93. The van der Waals surface area contributed by atoms with Gasteiger partial charge in [-0.3, -0.25) is 9.89 Å². The van der Waals surface area contributed by atoms with Crippen LogP contribution in [0.15, 0.2) is 22.9 Å². The molecule has 22 heavy (non-hydrogen) atoms. The van der Waals surface area contributed by atoms with Crippen LogP contribution in [0.1, 0.15) is 30.7 Å². The minimum atomic E-state index is 0.168. The number of piperidine rings is 1. The summed E-state index contributed by atoms with van der Waals surface area (Å²) in [6, 6.07) is 3.65. The van der Waals surface area contributed by atoms with Crippen LogP contribution in [0.3, 0.4) is 0 Å². The first-order valence-corrected chi connectivity index (χ1v) is 7.95. The summed E-state index contributed by atoms with van der Waals surface area (Å²) in [6.45, 7) is 1.66. The quantitative estimate of drug-likeness (QED) is 0.917. The highest BCUT2D eigenvalue weighted by atomic mass is 35.5. The number of carbonyl (C=O) groups is 1. The second kappa shape index (κ2) is 6.96. The van der Waals surface area contributed by atoms with Crippen LogP contribution in [0, 0.1) is 5.92 Å². The van der Waals surface area contributed by atoms with Crippen molar-refractivity contribution in [1.29, 1.82) is 0 Å². The molecule has 3 rings (SSSR count). The smallest absolute Gasteiger partial charge is 0.223 e. The van der Waals surface area contributed by atoms with E-state index in [9.17, 15) is 4.79 Å². The molecule has 1 N–H and O–H groups in total. The van der Waals surface area contributed by atoms with Crippen molar-refractivity contribution in [2.45, 2.75) is 32.1 Å². The molecule has 0 saturated carbocycles. The Hall–Kier alpha value is -1.82. The molecule has 0 spiro atoms. The van der Waals surface area contributed by atoms with Crippen molar-refractivity contribution in [2.75, 3.05) is 13.1 Å². The van der Waals surface area contributed by atoms with Crippen LogP contribution in [0.5, 0.6) is 0 Å². The molecule has 0 aliphatic carbocycles. The Bertz CT molecular complexity index is 611. The number of aromatic amines is 1.